The minimum Gasteiger partial charge on any atom is -0.497 e. The third-order valence-electron chi connectivity index (χ3n) is 2.84. The van der Waals surface area contributed by atoms with Gasteiger partial charge in [0, 0.05) is 0 Å². The number of hydrogen-bond donors (Lipinski definition) is 2. The summed E-state index contributed by atoms with van der Waals surface area (Å²) >= 11 is 0. The topological polar surface area (TPSA) is 84.9 Å². The van der Waals surface area contributed by atoms with E-state index in [-0.39, 0.29) is 17.9 Å². The van der Waals surface area contributed by atoms with Crippen LogP contribution in [0.1, 0.15) is 10.4 Å². The second kappa shape index (κ2) is 7.12. The lowest BCUT2D eigenvalue weighted by atomic mass is 10.1. The fourth-order valence-corrected chi connectivity index (χ4v) is 1.79. The second-order valence-corrected chi connectivity index (χ2v) is 4.37. The monoisotopic (exact) mass is 301 g/mol. The highest BCUT2D eigenvalue weighted by atomic mass is 16.5. The molecule has 0 saturated carbocycles. The van der Waals surface area contributed by atoms with E-state index < -0.39 is 11.9 Å². The van der Waals surface area contributed by atoms with Crippen LogP contribution >= 0.6 is 0 Å². The van der Waals surface area contributed by atoms with E-state index in [1.54, 1.807) is 30.3 Å². The number of rotatable bonds is 6. The summed E-state index contributed by atoms with van der Waals surface area (Å²) in [6.45, 7) is -0.213. The van der Waals surface area contributed by atoms with Crippen molar-refractivity contribution in [2.75, 3.05) is 19.0 Å². The first-order chi connectivity index (χ1) is 10.6. The fraction of sp³-hybridized carbons (Fsp3) is 0.125. The standard InChI is InChI=1S/C16H15NO5/c1-21-12-7-8-14(13(9-12)16(19)20)17-15(18)10-22-11-5-3-2-4-6-11/h2-9H,10H2,1H3,(H,17,18)(H,19,20). The molecule has 0 heterocycles. The van der Waals surface area contributed by atoms with E-state index in [1.165, 1.54) is 19.2 Å². The van der Waals surface area contributed by atoms with E-state index in [2.05, 4.69) is 5.32 Å². The van der Waals surface area contributed by atoms with E-state index in [0.717, 1.165) is 0 Å². The molecule has 1 amide bonds. The molecule has 2 aromatic rings. The Balaban J connectivity index is 2.03. The van der Waals surface area contributed by atoms with E-state index in [4.69, 9.17) is 14.6 Å². The largest absolute Gasteiger partial charge is 0.497 e. The van der Waals surface area contributed by atoms with E-state index in [9.17, 15) is 9.59 Å². The molecule has 0 aliphatic rings. The third-order valence-corrected chi connectivity index (χ3v) is 2.84. The van der Waals surface area contributed by atoms with Crippen LogP contribution in [0, 0.1) is 0 Å². The molecular weight excluding hydrogens is 286 g/mol. The number of para-hydroxylation sites is 1. The highest BCUT2D eigenvalue weighted by molar-refractivity contribution is 6.01. The molecule has 0 aromatic heterocycles. The Kier molecular flexibility index (Phi) is 4.98. The summed E-state index contributed by atoms with van der Waals surface area (Å²) < 4.78 is 10.3. The molecule has 6 heteroatoms. The molecule has 0 aliphatic heterocycles. The van der Waals surface area contributed by atoms with Gasteiger partial charge in [-0.1, -0.05) is 18.2 Å². The van der Waals surface area contributed by atoms with Crippen molar-refractivity contribution in [3.63, 3.8) is 0 Å². The predicted octanol–water partition coefficient (Wildman–Crippen LogP) is 2.41. The van der Waals surface area contributed by atoms with E-state index in [1.807, 2.05) is 6.07 Å². The van der Waals surface area contributed by atoms with Gasteiger partial charge in [-0.3, -0.25) is 4.79 Å². The number of carbonyl (C=O) groups excluding carboxylic acids is 1. The van der Waals surface area contributed by atoms with Crippen LogP contribution in [-0.2, 0) is 4.79 Å². The lowest BCUT2D eigenvalue weighted by Crippen LogP contribution is -2.21. The number of carboxylic acids is 1. The molecule has 0 fully saturated rings. The van der Waals surface area contributed by atoms with E-state index in [0.29, 0.717) is 11.5 Å². The number of anilines is 1. The number of aromatic carboxylic acids is 1. The molecule has 6 nitrogen and oxygen atoms in total. The lowest BCUT2D eigenvalue weighted by molar-refractivity contribution is -0.118. The van der Waals surface area contributed by atoms with Gasteiger partial charge < -0.3 is 19.9 Å². The third kappa shape index (κ3) is 3.99. The average molecular weight is 301 g/mol. The number of benzene rings is 2. The van der Waals surface area contributed by atoms with Crippen LogP contribution in [-0.4, -0.2) is 30.7 Å². The van der Waals surface area contributed by atoms with Crippen LogP contribution in [0.3, 0.4) is 0 Å². The minimum absolute atomic E-state index is 0.0487. The smallest absolute Gasteiger partial charge is 0.337 e. The van der Waals surface area contributed by atoms with Crippen LogP contribution in [0.4, 0.5) is 5.69 Å². The van der Waals surface area contributed by atoms with Gasteiger partial charge in [-0.15, -0.1) is 0 Å². The number of amides is 1. The first-order valence-corrected chi connectivity index (χ1v) is 6.49. The lowest BCUT2D eigenvalue weighted by Gasteiger charge is -2.11. The Morgan fingerprint density at radius 3 is 2.45 bits per heavy atom. The van der Waals surface area contributed by atoms with Gasteiger partial charge in [0.25, 0.3) is 5.91 Å². The second-order valence-electron chi connectivity index (χ2n) is 4.37. The molecule has 0 spiro atoms. The highest BCUT2D eigenvalue weighted by Gasteiger charge is 2.14. The van der Waals surface area contributed by atoms with Gasteiger partial charge in [0.2, 0.25) is 0 Å². The van der Waals surface area contributed by atoms with Crippen molar-refractivity contribution in [3.05, 3.63) is 54.1 Å². The molecule has 0 unspecified atom stereocenters. The van der Waals surface area contributed by atoms with E-state index >= 15 is 0 Å². The van der Waals surface area contributed by atoms with Crippen molar-refractivity contribution in [2.45, 2.75) is 0 Å². The van der Waals surface area contributed by atoms with Crippen LogP contribution in [0.5, 0.6) is 11.5 Å². The van der Waals surface area contributed by atoms with Crippen LogP contribution in [0.2, 0.25) is 0 Å². The normalized spacial score (nSPS) is 9.86. The minimum atomic E-state index is -1.15. The van der Waals surface area contributed by atoms with Crippen molar-refractivity contribution < 1.29 is 24.2 Å². The van der Waals surface area contributed by atoms with Crippen molar-refractivity contribution in [1.29, 1.82) is 0 Å². The van der Waals surface area contributed by atoms with Crippen LogP contribution in [0.15, 0.2) is 48.5 Å². The molecule has 22 heavy (non-hydrogen) atoms. The maximum absolute atomic E-state index is 11.9. The van der Waals surface area contributed by atoms with Crippen molar-refractivity contribution in [1.82, 2.24) is 0 Å². The molecule has 0 aliphatic carbocycles. The van der Waals surface area contributed by atoms with Gasteiger partial charge in [0.1, 0.15) is 11.5 Å². The number of hydrogen-bond acceptors (Lipinski definition) is 4. The number of ether oxygens (including phenoxy) is 2. The Hall–Kier alpha value is -3.02. The number of nitrogens with one attached hydrogen (secondary N) is 1. The first-order valence-electron chi connectivity index (χ1n) is 6.49. The number of carboxylic acid groups (broad SMARTS) is 1. The van der Waals surface area contributed by atoms with Gasteiger partial charge >= 0.3 is 5.97 Å². The summed E-state index contributed by atoms with van der Waals surface area (Å²) in [7, 11) is 1.44. The molecule has 2 aromatic carbocycles. The zero-order valence-electron chi connectivity index (χ0n) is 11.9. The molecule has 0 radical (unpaired) electrons. The summed E-state index contributed by atoms with van der Waals surface area (Å²) in [5.41, 5.74) is 0.141. The van der Waals surface area contributed by atoms with Gasteiger partial charge in [-0.2, -0.15) is 0 Å². The Morgan fingerprint density at radius 1 is 1.09 bits per heavy atom. The molecule has 0 bridgehead atoms. The first kappa shape index (κ1) is 15.4. The van der Waals surface area contributed by atoms with Gasteiger partial charge in [0.05, 0.1) is 18.4 Å². The van der Waals surface area contributed by atoms with Crippen LogP contribution in [0.25, 0.3) is 0 Å². The SMILES string of the molecule is COc1ccc(NC(=O)COc2ccccc2)c(C(=O)O)c1. The summed E-state index contributed by atoms with van der Waals surface area (Å²) in [6, 6.07) is 13.3. The van der Waals surface area contributed by atoms with Crippen LogP contribution < -0.4 is 14.8 Å². The maximum Gasteiger partial charge on any atom is 0.337 e. The average Bonchev–Trinajstić information content (AvgIpc) is 2.54. The molecule has 0 atom stereocenters. The van der Waals surface area contributed by atoms with Crippen molar-refractivity contribution >= 4 is 17.6 Å². The zero-order chi connectivity index (χ0) is 15.9. The Labute approximate surface area is 127 Å². The zero-order valence-corrected chi connectivity index (χ0v) is 11.9. The summed E-state index contributed by atoms with van der Waals surface area (Å²) in [5, 5.41) is 11.7. The van der Waals surface area contributed by atoms with Crippen molar-refractivity contribution in [3.8, 4) is 11.5 Å². The summed E-state index contributed by atoms with van der Waals surface area (Å²) in [6.07, 6.45) is 0. The van der Waals surface area contributed by atoms with Gasteiger partial charge in [0.15, 0.2) is 6.61 Å². The maximum atomic E-state index is 11.9. The van der Waals surface area contributed by atoms with Crippen molar-refractivity contribution in [2.24, 2.45) is 0 Å². The molecular formula is C16H15NO5. The molecule has 2 N–H and O–H groups in total. The predicted molar refractivity (Wildman–Crippen MR) is 80.5 cm³/mol. The fourth-order valence-electron chi connectivity index (χ4n) is 1.79. The van der Waals surface area contributed by atoms with Gasteiger partial charge in [-0.25, -0.2) is 4.79 Å². The quantitative estimate of drug-likeness (QED) is 0.856. The summed E-state index contributed by atoms with van der Waals surface area (Å²) in [5.74, 6) is -0.642. The van der Waals surface area contributed by atoms with Gasteiger partial charge in [-0.05, 0) is 30.3 Å². The molecule has 0 saturated heterocycles. The Bertz CT molecular complexity index is 669. The number of carbonyl (C=O) groups is 2. The molecule has 2 rings (SSSR count). The number of methoxy groups -OCH3 is 1. The summed E-state index contributed by atoms with van der Waals surface area (Å²) in [4.78, 5) is 23.1. The molecule has 114 valence electrons. The Morgan fingerprint density at radius 2 is 1.82 bits per heavy atom. The highest BCUT2D eigenvalue weighted by Crippen LogP contribution is 2.22.